The van der Waals surface area contributed by atoms with Gasteiger partial charge in [0, 0.05) is 19.3 Å². The minimum Gasteiger partial charge on any atom is -0.357 e. The van der Waals surface area contributed by atoms with Gasteiger partial charge < -0.3 is 10.2 Å². The lowest BCUT2D eigenvalue weighted by atomic mass is 10.7. The van der Waals surface area contributed by atoms with Crippen molar-refractivity contribution in [2.75, 3.05) is 38.8 Å². The molecule has 84 valence electrons. The highest BCUT2D eigenvalue weighted by molar-refractivity contribution is 7.99. The van der Waals surface area contributed by atoms with E-state index >= 15 is 0 Å². The lowest BCUT2D eigenvalue weighted by Gasteiger charge is -2.08. The average molecular weight is 248 g/mol. The van der Waals surface area contributed by atoms with Gasteiger partial charge in [-0.3, -0.25) is 0 Å². The molecule has 0 saturated heterocycles. The molecule has 0 spiro atoms. The Labute approximate surface area is 98.7 Å². The number of hydrogen-bond acceptors (Lipinski definition) is 6. The molecule has 0 radical (unpaired) electrons. The Morgan fingerprint density at radius 2 is 2.07 bits per heavy atom. The summed E-state index contributed by atoms with van der Waals surface area (Å²) in [5.41, 5.74) is 0. The molecule has 1 heterocycles. The number of thioether (sulfide) groups is 1. The van der Waals surface area contributed by atoms with E-state index in [-0.39, 0.29) is 5.28 Å². The number of nitrogens with one attached hydrogen (secondary N) is 1. The van der Waals surface area contributed by atoms with Crippen LogP contribution in [0.2, 0.25) is 5.28 Å². The molecular weight excluding hydrogens is 234 g/mol. The first-order valence-corrected chi connectivity index (χ1v) is 5.85. The predicted octanol–water partition coefficient (Wildman–Crippen LogP) is 1.22. The van der Waals surface area contributed by atoms with Crippen molar-refractivity contribution < 1.29 is 0 Å². The van der Waals surface area contributed by atoms with Crippen LogP contribution >= 0.6 is 23.4 Å². The van der Waals surface area contributed by atoms with E-state index in [1.807, 2.05) is 14.1 Å². The quantitative estimate of drug-likeness (QED) is 0.790. The molecule has 0 aliphatic rings. The molecule has 0 saturated carbocycles. The first kappa shape index (κ1) is 12.5. The Bertz CT molecular complexity index is 320. The van der Waals surface area contributed by atoms with Crippen molar-refractivity contribution >= 4 is 29.3 Å². The summed E-state index contributed by atoms with van der Waals surface area (Å²) in [5, 5.41) is 3.71. The Morgan fingerprint density at radius 1 is 1.33 bits per heavy atom. The van der Waals surface area contributed by atoms with Gasteiger partial charge >= 0.3 is 0 Å². The van der Waals surface area contributed by atoms with Crippen LogP contribution in [0.5, 0.6) is 0 Å². The van der Waals surface area contributed by atoms with Crippen molar-refractivity contribution in [2.24, 2.45) is 0 Å². The van der Waals surface area contributed by atoms with Gasteiger partial charge in [0.25, 0.3) is 0 Å². The first-order valence-electron chi connectivity index (χ1n) is 4.48. The molecule has 0 unspecified atom stereocenters. The second-order valence-electron chi connectivity index (χ2n) is 3.11. The molecule has 7 heteroatoms. The number of anilines is 1. The summed E-state index contributed by atoms with van der Waals surface area (Å²) in [7, 11) is 5.81. The van der Waals surface area contributed by atoms with Gasteiger partial charge in [0.05, 0.1) is 0 Å². The van der Waals surface area contributed by atoms with Crippen molar-refractivity contribution in [1.82, 2.24) is 19.9 Å². The molecule has 0 atom stereocenters. The van der Waals surface area contributed by atoms with Gasteiger partial charge in [-0.15, -0.1) is 0 Å². The maximum Gasteiger partial charge on any atom is 0.228 e. The normalized spacial score (nSPS) is 10.7. The molecule has 1 aromatic rings. The highest BCUT2D eigenvalue weighted by atomic mass is 35.5. The zero-order valence-electron chi connectivity index (χ0n) is 8.99. The standard InChI is InChI=1S/C8H14ClN5S/c1-10-7-11-6(9)12-8(13-7)15-5-4-14(2)3/h4-5H2,1-3H3,(H,10,11,12,13). The fourth-order valence-corrected chi connectivity index (χ4v) is 1.98. The topological polar surface area (TPSA) is 53.9 Å². The van der Waals surface area contributed by atoms with Crippen molar-refractivity contribution in [3.8, 4) is 0 Å². The maximum atomic E-state index is 5.74. The molecule has 0 bridgehead atoms. The summed E-state index contributed by atoms with van der Waals surface area (Å²) in [4.78, 5) is 14.2. The molecule has 0 fully saturated rings. The van der Waals surface area contributed by atoms with Crippen LogP contribution in [0, 0.1) is 0 Å². The summed E-state index contributed by atoms with van der Waals surface area (Å²) in [6.45, 7) is 0.975. The summed E-state index contributed by atoms with van der Waals surface area (Å²) < 4.78 is 0. The van der Waals surface area contributed by atoms with Gasteiger partial charge in [0.15, 0.2) is 5.16 Å². The van der Waals surface area contributed by atoms with E-state index in [9.17, 15) is 0 Å². The SMILES string of the molecule is CNc1nc(Cl)nc(SCCN(C)C)n1. The monoisotopic (exact) mass is 247 g/mol. The van der Waals surface area contributed by atoms with Crippen LogP contribution in [0.4, 0.5) is 5.95 Å². The molecule has 0 aliphatic carbocycles. The fraction of sp³-hybridized carbons (Fsp3) is 0.625. The predicted molar refractivity (Wildman–Crippen MR) is 63.7 cm³/mol. The van der Waals surface area contributed by atoms with Crippen LogP contribution in [0.25, 0.3) is 0 Å². The van der Waals surface area contributed by atoms with Crippen LogP contribution in [-0.2, 0) is 0 Å². The van der Waals surface area contributed by atoms with Crippen LogP contribution < -0.4 is 5.32 Å². The van der Waals surface area contributed by atoms with E-state index in [1.165, 1.54) is 0 Å². The lowest BCUT2D eigenvalue weighted by Crippen LogP contribution is -2.15. The summed E-state index contributed by atoms with van der Waals surface area (Å²) in [5.74, 6) is 1.43. The maximum absolute atomic E-state index is 5.74. The Hall–Kier alpha value is -0.590. The minimum absolute atomic E-state index is 0.224. The van der Waals surface area contributed by atoms with Crippen molar-refractivity contribution in [1.29, 1.82) is 0 Å². The number of halogens is 1. The van der Waals surface area contributed by atoms with Gasteiger partial charge in [-0.2, -0.15) is 15.0 Å². The molecule has 1 rings (SSSR count). The van der Waals surface area contributed by atoms with Crippen LogP contribution in [-0.4, -0.2) is 53.3 Å². The molecule has 0 aromatic carbocycles. The Morgan fingerprint density at radius 3 is 2.67 bits per heavy atom. The number of rotatable bonds is 5. The number of hydrogen-bond donors (Lipinski definition) is 1. The highest BCUT2D eigenvalue weighted by Gasteiger charge is 2.04. The van der Waals surface area contributed by atoms with Gasteiger partial charge in [-0.25, -0.2) is 0 Å². The van der Waals surface area contributed by atoms with E-state index in [1.54, 1.807) is 18.8 Å². The van der Waals surface area contributed by atoms with Crippen LogP contribution in [0.3, 0.4) is 0 Å². The second-order valence-corrected chi connectivity index (χ2v) is 4.51. The number of nitrogens with zero attached hydrogens (tertiary/aromatic N) is 4. The zero-order valence-corrected chi connectivity index (χ0v) is 10.6. The molecule has 1 aromatic heterocycles. The lowest BCUT2D eigenvalue weighted by molar-refractivity contribution is 0.437. The summed E-state index contributed by atoms with van der Waals surface area (Å²) in [6.07, 6.45) is 0. The van der Waals surface area contributed by atoms with Crippen molar-refractivity contribution in [2.45, 2.75) is 5.16 Å². The van der Waals surface area contributed by atoms with E-state index in [2.05, 4.69) is 25.2 Å². The first-order chi connectivity index (χ1) is 7.11. The third-order valence-electron chi connectivity index (χ3n) is 1.58. The highest BCUT2D eigenvalue weighted by Crippen LogP contribution is 2.15. The van der Waals surface area contributed by atoms with E-state index in [0.29, 0.717) is 11.1 Å². The zero-order chi connectivity index (χ0) is 11.3. The summed E-state index contributed by atoms with van der Waals surface area (Å²) >= 11 is 7.31. The minimum atomic E-state index is 0.224. The Kier molecular flexibility index (Phi) is 5.07. The molecular formula is C8H14ClN5S. The van der Waals surface area contributed by atoms with E-state index < -0.39 is 0 Å². The molecule has 0 amide bonds. The van der Waals surface area contributed by atoms with Crippen LogP contribution in [0.1, 0.15) is 0 Å². The average Bonchev–Trinajstić information content (AvgIpc) is 2.16. The summed E-state index contributed by atoms with van der Waals surface area (Å²) in [6, 6.07) is 0. The number of aromatic nitrogens is 3. The molecule has 0 aliphatic heterocycles. The van der Waals surface area contributed by atoms with E-state index in [4.69, 9.17) is 11.6 Å². The molecule has 1 N–H and O–H groups in total. The van der Waals surface area contributed by atoms with Crippen LogP contribution in [0.15, 0.2) is 5.16 Å². The molecule has 15 heavy (non-hydrogen) atoms. The largest absolute Gasteiger partial charge is 0.357 e. The fourth-order valence-electron chi connectivity index (χ4n) is 0.828. The smallest absolute Gasteiger partial charge is 0.228 e. The van der Waals surface area contributed by atoms with Gasteiger partial charge in [-0.05, 0) is 25.7 Å². The van der Waals surface area contributed by atoms with Crippen molar-refractivity contribution in [3.63, 3.8) is 0 Å². The van der Waals surface area contributed by atoms with Crippen molar-refractivity contribution in [3.05, 3.63) is 5.28 Å². The van der Waals surface area contributed by atoms with Gasteiger partial charge in [0.1, 0.15) is 0 Å². The molecule has 5 nitrogen and oxygen atoms in total. The third-order valence-corrected chi connectivity index (χ3v) is 2.58. The second kappa shape index (κ2) is 6.09. The van der Waals surface area contributed by atoms with E-state index in [0.717, 1.165) is 12.3 Å². The Balaban J connectivity index is 2.56. The van der Waals surface area contributed by atoms with Gasteiger partial charge in [0.2, 0.25) is 11.2 Å². The third kappa shape index (κ3) is 4.63. The van der Waals surface area contributed by atoms with Gasteiger partial charge in [-0.1, -0.05) is 11.8 Å².